The molecule has 2 heteroatoms. The largest absolute Gasteiger partial charge is 0.489 e. The van der Waals surface area contributed by atoms with Crippen molar-refractivity contribution in [2.45, 2.75) is 13.2 Å². The van der Waals surface area contributed by atoms with Crippen molar-refractivity contribution in [2.75, 3.05) is 0 Å². The Labute approximate surface area is 249 Å². The molecule has 5 aromatic rings. The van der Waals surface area contributed by atoms with Crippen LogP contribution in [0.2, 0.25) is 0 Å². The molecular weight excluding hydrogens is 512 g/mol. The second-order valence-electron chi connectivity index (χ2n) is 9.94. The Morgan fingerprint density at radius 2 is 0.762 bits per heavy atom. The van der Waals surface area contributed by atoms with Gasteiger partial charge in [-0.3, -0.25) is 0 Å². The summed E-state index contributed by atoms with van der Waals surface area (Å²) < 4.78 is 11.9. The van der Waals surface area contributed by atoms with E-state index in [0.29, 0.717) is 13.2 Å². The van der Waals surface area contributed by atoms with E-state index in [4.69, 9.17) is 9.47 Å². The highest BCUT2D eigenvalue weighted by Crippen LogP contribution is 2.19. The van der Waals surface area contributed by atoms with Gasteiger partial charge in [-0.05, 0) is 74.8 Å². The third kappa shape index (κ3) is 8.33. The first-order valence-corrected chi connectivity index (χ1v) is 14.0. The van der Waals surface area contributed by atoms with Crippen molar-refractivity contribution in [1.29, 1.82) is 0 Å². The quantitative estimate of drug-likeness (QED) is 0.145. The van der Waals surface area contributed by atoms with Gasteiger partial charge in [0, 0.05) is 0 Å². The Morgan fingerprint density at radius 1 is 0.405 bits per heavy atom. The summed E-state index contributed by atoms with van der Waals surface area (Å²) in [6, 6.07) is 41.2. The molecule has 0 bridgehead atoms. The van der Waals surface area contributed by atoms with E-state index in [1.807, 2.05) is 60.7 Å². The van der Waals surface area contributed by atoms with E-state index >= 15 is 0 Å². The second-order valence-corrected chi connectivity index (χ2v) is 9.94. The SMILES string of the molecule is C=Cc1ccc(COc2ccc(C=Cc3cccc(C=Cc4ccc(OCc5ccc(C=C)cc5)cc4)c3)cc2)cc1. The van der Waals surface area contributed by atoms with Gasteiger partial charge < -0.3 is 9.47 Å². The average molecular weight is 547 g/mol. The molecule has 5 aromatic carbocycles. The fourth-order valence-electron chi connectivity index (χ4n) is 4.33. The Hall–Kier alpha value is -5.34. The summed E-state index contributed by atoms with van der Waals surface area (Å²) in [6.45, 7) is 8.66. The van der Waals surface area contributed by atoms with E-state index in [-0.39, 0.29) is 0 Å². The van der Waals surface area contributed by atoms with Crippen molar-refractivity contribution >= 4 is 36.5 Å². The van der Waals surface area contributed by atoms with Crippen molar-refractivity contribution < 1.29 is 9.47 Å². The average Bonchev–Trinajstić information content (AvgIpc) is 3.06. The van der Waals surface area contributed by atoms with Gasteiger partial charge in [-0.2, -0.15) is 0 Å². The van der Waals surface area contributed by atoms with Crippen molar-refractivity contribution in [1.82, 2.24) is 0 Å². The van der Waals surface area contributed by atoms with Gasteiger partial charge in [-0.25, -0.2) is 0 Å². The fourth-order valence-corrected chi connectivity index (χ4v) is 4.33. The van der Waals surface area contributed by atoms with E-state index in [2.05, 4.69) is 110 Å². The molecule has 206 valence electrons. The van der Waals surface area contributed by atoms with Crippen LogP contribution in [0.1, 0.15) is 44.5 Å². The molecule has 0 aromatic heterocycles. The normalized spacial score (nSPS) is 11.0. The van der Waals surface area contributed by atoms with Crippen molar-refractivity contribution in [3.8, 4) is 11.5 Å². The lowest BCUT2D eigenvalue weighted by atomic mass is 10.1. The third-order valence-electron chi connectivity index (χ3n) is 6.85. The van der Waals surface area contributed by atoms with Gasteiger partial charge in [0.1, 0.15) is 24.7 Å². The molecule has 0 heterocycles. The summed E-state index contributed by atoms with van der Waals surface area (Å²) in [6.07, 6.45) is 12.2. The zero-order chi connectivity index (χ0) is 29.0. The van der Waals surface area contributed by atoms with Crippen LogP contribution in [0.15, 0.2) is 134 Å². The number of hydrogen-bond acceptors (Lipinski definition) is 2. The smallest absolute Gasteiger partial charge is 0.119 e. The van der Waals surface area contributed by atoms with E-state index < -0.39 is 0 Å². The summed E-state index contributed by atoms with van der Waals surface area (Å²) in [4.78, 5) is 0. The monoisotopic (exact) mass is 546 g/mol. The van der Waals surface area contributed by atoms with Gasteiger partial charge in [-0.1, -0.05) is 141 Å². The van der Waals surface area contributed by atoms with Crippen LogP contribution >= 0.6 is 0 Å². The molecule has 2 nitrogen and oxygen atoms in total. The number of rotatable bonds is 12. The van der Waals surface area contributed by atoms with Crippen LogP contribution in [0.25, 0.3) is 36.5 Å². The Bertz CT molecular complexity index is 1530. The summed E-state index contributed by atoms with van der Waals surface area (Å²) in [5, 5.41) is 0. The highest BCUT2D eigenvalue weighted by Gasteiger charge is 1.99. The molecule has 0 aliphatic heterocycles. The lowest BCUT2D eigenvalue weighted by Gasteiger charge is -2.07. The zero-order valence-corrected chi connectivity index (χ0v) is 23.7. The highest BCUT2D eigenvalue weighted by molar-refractivity contribution is 5.74. The van der Waals surface area contributed by atoms with E-state index in [9.17, 15) is 0 Å². The minimum atomic E-state index is 0.538. The van der Waals surface area contributed by atoms with Gasteiger partial charge in [-0.15, -0.1) is 0 Å². The van der Waals surface area contributed by atoms with Gasteiger partial charge >= 0.3 is 0 Å². The van der Waals surface area contributed by atoms with Gasteiger partial charge in [0.15, 0.2) is 0 Å². The van der Waals surface area contributed by atoms with E-state index in [1.54, 1.807) is 0 Å². The van der Waals surface area contributed by atoms with Crippen LogP contribution in [-0.2, 0) is 13.2 Å². The first-order valence-electron chi connectivity index (χ1n) is 14.0. The Balaban J connectivity index is 1.12. The predicted molar refractivity (Wildman–Crippen MR) is 179 cm³/mol. The Kier molecular flexibility index (Phi) is 9.63. The molecule has 0 atom stereocenters. The molecule has 0 amide bonds. The molecule has 0 spiro atoms. The van der Waals surface area contributed by atoms with Crippen molar-refractivity contribution in [2.24, 2.45) is 0 Å². The first-order chi connectivity index (χ1) is 20.7. The molecule has 0 fully saturated rings. The van der Waals surface area contributed by atoms with Gasteiger partial charge in [0.05, 0.1) is 0 Å². The third-order valence-corrected chi connectivity index (χ3v) is 6.85. The summed E-state index contributed by atoms with van der Waals surface area (Å²) in [5.41, 5.74) is 9.00. The van der Waals surface area contributed by atoms with Gasteiger partial charge in [0.2, 0.25) is 0 Å². The molecule has 42 heavy (non-hydrogen) atoms. The maximum atomic E-state index is 5.94. The number of hydrogen-bond donors (Lipinski definition) is 0. The molecule has 5 rings (SSSR count). The molecule has 0 radical (unpaired) electrons. The zero-order valence-electron chi connectivity index (χ0n) is 23.7. The van der Waals surface area contributed by atoms with Gasteiger partial charge in [0.25, 0.3) is 0 Å². The Morgan fingerprint density at radius 3 is 1.14 bits per heavy atom. The molecule has 0 saturated heterocycles. The fraction of sp³-hybridized carbons (Fsp3) is 0.0500. The highest BCUT2D eigenvalue weighted by atomic mass is 16.5. The van der Waals surface area contributed by atoms with Crippen LogP contribution in [0.5, 0.6) is 11.5 Å². The van der Waals surface area contributed by atoms with Crippen molar-refractivity contribution in [3.63, 3.8) is 0 Å². The molecule has 0 N–H and O–H groups in total. The standard InChI is InChI=1S/C40H34O2/c1-3-31-8-16-37(17-9-31)29-41-39-24-20-33(21-25-39)12-14-35-6-5-7-36(28-35)15-13-34-22-26-40(27-23-34)42-30-38-18-10-32(4-2)11-19-38/h3-28H,1-2,29-30H2. The van der Waals surface area contributed by atoms with E-state index in [1.165, 1.54) is 0 Å². The van der Waals surface area contributed by atoms with Crippen LogP contribution in [-0.4, -0.2) is 0 Å². The summed E-state index contributed by atoms with van der Waals surface area (Å²) in [5.74, 6) is 1.70. The number of benzene rings is 5. The molecular formula is C40H34O2. The van der Waals surface area contributed by atoms with E-state index in [0.717, 1.165) is 56.0 Å². The van der Waals surface area contributed by atoms with Crippen molar-refractivity contribution in [3.05, 3.63) is 179 Å². The molecule has 0 aliphatic rings. The summed E-state index contributed by atoms with van der Waals surface area (Å²) >= 11 is 0. The summed E-state index contributed by atoms with van der Waals surface area (Å²) in [7, 11) is 0. The van der Waals surface area contributed by atoms with Crippen LogP contribution < -0.4 is 9.47 Å². The lowest BCUT2D eigenvalue weighted by molar-refractivity contribution is 0.306. The van der Waals surface area contributed by atoms with Crippen LogP contribution in [0, 0.1) is 0 Å². The van der Waals surface area contributed by atoms with Crippen LogP contribution in [0.4, 0.5) is 0 Å². The number of ether oxygens (including phenoxy) is 2. The topological polar surface area (TPSA) is 18.5 Å². The molecule has 0 saturated carbocycles. The maximum absolute atomic E-state index is 5.94. The first kappa shape index (κ1) is 28.2. The predicted octanol–water partition coefficient (Wildman–Crippen LogP) is 10.5. The molecule has 0 aliphatic carbocycles. The minimum absolute atomic E-state index is 0.538. The maximum Gasteiger partial charge on any atom is 0.119 e. The lowest BCUT2D eigenvalue weighted by Crippen LogP contribution is -1.95. The molecule has 0 unspecified atom stereocenters. The van der Waals surface area contributed by atoms with Crippen LogP contribution in [0.3, 0.4) is 0 Å². The minimum Gasteiger partial charge on any atom is -0.489 e. The second kappa shape index (κ2) is 14.3.